The number of piperazine rings is 1. The molecule has 306 valence electrons. The summed E-state index contributed by atoms with van der Waals surface area (Å²) in [7, 11) is 1.60. The van der Waals surface area contributed by atoms with Crippen molar-refractivity contribution in [1.82, 2.24) is 20.2 Å². The number of ketones is 2. The van der Waals surface area contributed by atoms with Crippen molar-refractivity contribution in [2.45, 2.75) is 72.3 Å². The van der Waals surface area contributed by atoms with Gasteiger partial charge in [0.05, 0.1) is 25.1 Å². The van der Waals surface area contributed by atoms with Crippen molar-refractivity contribution in [2.75, 3.05) is 62.7 Å². The largest absolute Gasteiger partial charge is 0.495 e. The van der Waals surface area contributed by atoms with Crippen LogP contribution in [0.2, 0.25) is 0 Å². The Morgan fingerprint density at radius 2 is 1.57 bits per heavy atom. The number of ether oxygens (including phenoxy) is 2. The molecule has 0 unspecified atom stereocenters. The lowest BCUT2D eigenvalue weighted by atomic mass is 9.44. The van der Waals surface area contributed by atoms with Crippen molar-refractivity contribution in [3.63, 3.8) is 0 Å². The summed E-state index contributed by atoms with van der Waals surface area (Å²) < 4.78 is 12.0. The lowest BCUT2D eigenvalue weighted by Crippen LogP contribution is -2.66. The molecule has 0 bridgehead atoms. The van der Waals surface area contributed by atoms with E-state index in [4.69, 9.17) is 15.9 Å². The Kier molecular flexibility index (Phi) is 11.9. The number of imide groups is 1. The minimum absolute atomic E-state index is 0.0253. The molecule has 1 aromatic heterocycles. The molecule has 12 heteroatoms. The molecule has 12 nitrogen and oxygen atoms in total. The van der Waals surface area contributed by atoms with Gasteiger partial charge in [-0.3, -0.25) is 29.4 Å². The van der Waals surface area contributed by atoms with Crippen LogP contribution in [-0.2, 0) is 9.59 Å². The van der Waals surface area contributed by atoms with E-state index in [1.54, 1.807) is 13.3 Å². The van der Waals surface area contributed by atoms with Crippen molar-refractivity contribution < 1.29 is 28.7 Å². The maximum Gasteiger partial charge on any atom is 0.230 e. The Hall–Kier alpha value is -5.28. The number of nitrogens with zero attached hydrogens (tertiary/aromatic N) is 5. The molecule has 0 radical (unpaired) electrons. The smallest absolute Gasteiger partial charge is 0.230 e. The molecule has 4 heterocycles. The fourth-order valence-electron chi connectivity index (χ4n) is 9.97. The zero-order valence-corrected chi connectivity index (χ0v) is 34.5. The topological polar surface area (TPSA) is 134 Å². The van der Waals surface area contributed by atoms with Gasteiger partial charge in [0.2, 0.25) is 11.8 Å². The molecule has 2 aromatic carbocycles. The maximum absolute atomic E-state index is 13.6. The summed E-state index contributed by atoms with van der Waals surface area (Å²) in [5.74, 6) is 4.24. The number of piperidine rings is 2. The van der Waals surface area contributed by atoms with Crippen LogP contribution in [0, 0.1) is 40.9 Å². The van der Waals surface area contributed by atoms with Crippen LogP contribution < -0.4 is 24.6 Å². The second-order valence-corrected chi connectivity index (χ2v) is 17.6. The molecular weight excluding hydrogens is 733 g/mol. The molecule has 1 atom stereocenters. The summed E-state index contributed by atoms with van der Waals surface area (Å²) in [6.45, 7) is 15.4. The summed E-state index contributed by atoms with van der Waals surface area (Å²) in [5.41, 5.74) is 2.43. The molecule has 1 saturated carbocycles. The van der Waals surface area contributed by atoms with E-state index in [0.717, 1.165) is 75.7 Å². The number of carbonyl (C=O) groups is 4. The van der Waals surface area contributed by atoms with Gasteiger partial charge in [-0.05, 0) is 67.5 Å². The predicted molar refractivity (Wildman–Crippen MR) is 222 cm³/mol. The number of anilines is 2. The lowest BCUT2D eigenvalue weighted by Gasteiger charge is -2.63. The molecule has 7 rings (SSSR count). The third-order valence-electron chi connectivity index (χ3n) is 13.2. The number of hydrogen-bond acceptors (Lipinski definition) is 11. The van der Waals surface area contributed by atoms with Crippen molar-refractivity contribution >= 4 is 34.9 Å². The summed E-state index contributed by atoms with van der Waals surface area (Å²) in [6, 6.07) is 13.8. The first-order valence-electron chi connectivity index (χ1n) is 20.6. The molecule has 1 N–H and O–H groups in total. The lowest BCUT2D eigenvalue weighted by molar-refractivity contribution is -0.196. The zero-order valence-electron chi connectivity index (χ0n) is 34.5. The quantitative estimate of drug-likeness (QED) is 0.127. The fourth-order valence-corrected chi connectivity index (χ4v) is 9.97. The van der Waals surface area contributed by atoms with Gasteiger partial charge in [0, 0.05) is 99.1 Å². The molecule has 4 aliphatic rings. The van der Waals surface area contributed by atoms with Gasteiger partial charge >= 0.3 is 0 Å². The number of rotatable bonds is 13. The van der Waals surface area contributed by atoms with Crippen molar-refractivity contribution in [1.29, 1.82) is 0 Å². The second kappa shape index (κ2) is 16.9. The van der Waals surface area contributed by atoms with Gasteiger partial charge in [0.15, 0.2) is 11.6 Å². The normalized spacial score (nSPS) is 23.3. The number of methoxy groups -OCH3 is 1. The standard InChI is InChI=1S/C46H56N6O6/c1-7-31-10-14-35(25-39(31)57-6)58-44-45(2,3)40(46(44,4)5)26-37(53)32-8-12-34(13-9-32)51-18-16-30(17-19-51)29-50-20-22-52(23-21-50)41-28-47-36(27-48-41)38(54)24-33-11-15-42(55)49-43(33)56/h1,8-10,12-14,25,27-28,30,33,40,44H,11,15-24,26,29H2,2-6H3,(H,49,55,56)/t33-,40?,44?/m1/s1. The number of carbonyl (C=O) groups excluding carboxylic acids is 4. The van der Waals surface area contributed by atoms with E-state index < -0.39 is 5.92 Å². The number of terminal acetylenes is 1. The maximum atomic E-state index is 13.6. The minimum atomic E-state index is -0.506. The van der Waals surface area contributed by atoms with Gasteiger partial charge in [0.25, 0.3) is 0 Å². The highest BCUT2D eigenvalue weighted by atomic mass is 16.5. The number of Topliss-reactive ketones (excluding diaryl/α,β-unsaturated/α-hetero) is 2. The molecular formula is C46H56N6O6. The van der Waals surface area contributed by atoms with Crippen LogP contribution in [-0.4, -0.2) is 97.3 Å². The Balaban J connectivity index is 0.835. The Labute approximate surface area is 342 Å². The zero-order chi connectivity index (χ0) is 41.2. The third kappa shape index (κ3) is 8.60. The number of amides is 2. The first-order chi connectivity index (χ1) is 27.8. The highest BCUT2D eigenvalue weighted by Crippen LogP contribution is 2.62. The van der Waals surface area contributed by atoms with E-state index in [9.17, 15) is 19.2 Å². The van der Waals surface area contributed by atoms with E-state index in [1.807, 2.05) is 30.3 Å². The summed E-state index contributed by atoms with van der Waals surface area (Å²) in [5, 5.41) is 2.30. The molecule has 3 aromatic rings. The van der Waals surface area contributed by atoms with E-state index in [2.05, 4.69) is 75.7 Å². The molecule has 1 aliphatic carbocycles. The van der Waals surface area contributed by atoms with E-state index in [0.29, 0.717) is 35.8 Å². The molecule has 3 saturated heterocycles. The SMILES string of the molecule is C#Cc1ccc(OC2C(C)(C)C(CC(=O)c3ccc(N4CCC(CN5CCN(c6cnc(C(=O)C[C@H]7CCC(=O)NC7=O)cn6)CC5)CC4)cc3)C2(C)C)cc1OC. The van der Waals surface area contributed by atoms with Crippen molar-refractivity contribution in [2.24, 2.45) is 28.6 Å². The molecule has 4 fully saturated rings. The number of aromatic nitrogens is 2. The summed E-state index contributed by atoms with van der Waals surface area (Å²) in [6.07, 6.45) is 12.0. The number of hydrogen-bond donors (Lipinski definition) is 1. The van der Waals surface area contributed by atoms with E-state index >= 15 is 0 Å². The molecule has 2 amide bonds. The Bertz CT molecular complexity index is 2030. The first-order valence-corrected chi connectivity index (χ1v) is 20.6. The van der Waals surface area contributed by atoms with Gasteiger partial charge in [-0.1, -0.05) is 33.6 Å². The Morgan fingerprint density at radius 3 is 2.19 bits per heavy atom. The third-order valence-corrected chi connectivity index (χ3v) is 13.2. The average Bonchev–Trinajstić information content (AvgIpc) is 3.23. The summed E-state index contributed by atoms with van der Waals surface area (Å²) in [4.78, 5) is 65.9. The number of nitrogens with one attached hydrogen (secondary N) is 1. The average molecular weight is 789 g/mol. The van der Waals surface area contributed by atoms with Crippen LogP contribution in [0.3, 0.4) is 0 Å². The van der Waals surface area contributed by atoms with Crippen LogP contribution in [0.25, 0.3) is 0 Å². The molecule has 3 aliphatic heterocycles. The monoisotopic (exact) mass is 788 g/mol. The van der Waals surface area contributed by atoms with E-state index in [1.165, 1.54) is 6.20 Å². The van der Waals surface area contributed by atoms with Crippen molar-refractivity contribution in [3.8, 4) is 23.8 Å². The minimum Gasteiger partial charge on any atom is -0.495 e. The van der Waals surface area contributed by atoms with Gasteiger partial charge in [0.1, 0.15) is 29.1 Å². The van der Waals surface area contributed by atoms with Gasteiger partial charge in [-0.2, -0.15) is 0 Å². The van der Waals surface area contributed by atoms with Crippen LogP contribution in [0.1, 0.15) is 92.6 Å². The van der Waals surface area contributed by atoms with Crippen LogP contribution in [0.4, 0.5) is 11.5 Å². The highest BCUT2D eigenvalue weighted by molar-refractivity contribution is 6.02. The summed E-state index contributed by atoms with van der Waals surface area (Å²) >= 11 is 0. The van der Waals surface area contributed by atoms with Gasteiger partial charge < -0.3 is 19.3 Å². The Morgan fingerprint density at radius 1 is 0.862 bits per heavy atom. The second-order valence-electron chi connectivity index (χ2n) is 17.6. The molecule has 58 heavy (non-hydrogen) atoms. The number of benzene rings is 2. The van der Waals surface area contributed by atoms with Crippen LogP contribution >= 0.6 is 0 Å². The van der Waals surface area contributed by atoms with Crippen LogP contribution in [0.5, 0.6) is 11.5 Å². The van der Waals surface area contributed by atoms with E-state index in [-0.39, 0.29) is 64.8 Å². The fraction of sp³-hybridized carbons (Fsp3) is 0.522. The van der Waals surface area contributed by atoms with Gasteiger partial charge in [-0.15, -0.1) is 6.42 Å². The molecule has 0 spiro atoms. The van der Waals surface area contributed by atoms with Crippen LogP contribution in [0.15, 0.2) is 54.9 Å². The van der Waals surface area contributed by atoms with Crippen molar-refractivity contribution in [3.05, 3.63) is 71.7 Å². The highest BCUT2D eigenvalue weighted by Gasteiger charge is 2.63. The predicted octanol–water partition coefficient (Wildman–Crippen LogP) is 5.83. The first kappa shape index (κ1) is 40.9. The van der Waals surface area contributed by atoms with Gasteiger partial charge in [-0.25, -0.2) is 9.97 Å².